The van der Waals surface area contributed by atoms with E-state index in [1.54, 1.807) is 25.4 Å². The van der Waals surface area contributed by atoms with Gasteiger partial charge in [-0.2, -0.15) is 0 Å². The second kappa shape index (κ2) is 4.94. The molecule has 2 N–H and O–H groups in total. The zero-order chi connectivity index (χ0) is 11.4. The Morgan fingerprint density at radius 3 is 3.00 bits per heavy atom. The van der Waals surface area contributed by atoms with E-state index in [2.05, 4.69) is 15.6 Å². The van der Waals surface area contributed by atoms with Gasteiger partial charge in [-0.1, -0.05) is 0 Å². The van der Waals surface area contributed by atoms with Crippen LogP contribution in [0.2, 0.25) is 0 Å². The monoisotopic (exact) mass is 221 g/mol. The summed E-state index contributed by atoms with van der Waals surface area (Å²) in [5, 5.41) is 5.81. The summed E-state index contributed by atoms with van der Waals surface area (Å²) in [6.45, 7) is 1.33. The Morgan fingerprint density at radius 2 is 2.44 bits per heavy atom. The third-order valence-electron chi connectivity index (χ3n) is 2.55. The zero-order valence-electron chi connectivity index (χ0n) is 9.19. The molecule has 5 nitrogen and oxygen atoms in total. The van der Waals surface area contributed by atoms with Crippen molar-refractivity contribution >= 4 is 11.7 Å². The average Bonchev–Trinajstić information content (AvgIpc) is 2.82. The predicted octanol–water partition coefficient (Wildman–Crippen LogP) is 0.642. The molecule has 1 amide bonds. The van der Waals surface area contributed by atoms with Gasteiger partial charge in [0.2, 0.25) is 0 Å². The van der Waals surface area contributed by atoms with Gasteiger partial charge in [-0.15, -0.1) is 0 Å². The van der Waals surface area contributed by atoms with Crippen LogP contribution in [0.25, 0.3) is 0 Å². The first-order valence-corrected chi connectivity index (χ1v) is 5.32. The second-order valence-corrected chi connectivity index (χ2v) is 3.72. The lowest BCUT2D eigenvalue weighted by atomic mass is 10.2. The number of hydrogen-bond acceptors (Lipinski definition) is 4. The highest BCUT2D eigenvalue weighted by atomic mass is 16.5. The van der Waals surface area contributed by atoms with Crippen molar-refractivity contribution in [3.63, 3.8) is 0 Å². The van der Waals surface area contributed by atoms with Gasteiger partial charge in [-0.25, -0.2) is 4.98 Å². The Bertz CT molecular complexity index is 358. The first-order valence-electron chi connectivity index (χ1n) is 5.32. The maximum atomic E-state index is 11.8. The minimum Gasteiger partial charge on any atom is -0.379 e. The van der Waals surface area contributed by atoms with Crippen LogP contribution >= 0.6 is 0 Å². The Balaban J connectivity index is 1.97. The van der Waals surface area contributed by atoms with E-state index in [0.29, 0.717) is 12.2 Å². The minimum atomic E-state index is -0.0920. The lowest BCUT2D eigenvalue weighted by molar-refractivity contribution is 0.0929. The first-order chi connectivity index (χ1) is 7.79. The van der Waals surface area contributed by atoms with E-state index in [1.165, 1.54) is 0 Å². The number of nitrogens with one attached hydrogen (secondary N) is 2. The van der Waals surface area contributed by atoms with Gasteiger partial charge in [0.1, 0.15) is 5.82 Å². The van der Waals surface area contributed by atoms with Gasteiger partial charge in [-0.05, 0) is 18.6 Å². The molecule has 1 saturated heterocycles. The van der Waals surface area contributed by atoms with Crippen LogP contribution in [0.5, 0.6) is 0 Å². The molecule has 0 radical (unpaired) electrons. The second-order valence-electron chi connectivity index (χ2n) is 3.72. The number of nitrogens with zero attached hydrogens (tertiary/aromatic N) is 1. The predicted molar refractivity (Wildman–Crippen MR) is 60.5 cm³/mol. The van der Waals surface area contributed by atoms with Gasteiger partial charge >= 0.3 is 0 Å². The number of carbonyl (C=O) groups is 1. The summed E-state index contributed by atoms with van der Waals surface area (Å²) in [4.78, 5) is 15.9. The molecule has 0 aromatic carbocycles. The topological polar surface area (TPSA) is 63.2 Å². The molecule has 1 unspecified atom stereocenters. The smallest absolute Gasteiger partial charge is 0.253 e. The Hall–Kier alpha value is -1.62. The summed E-state index contributed by atoms with van der Waals surface area (Å²) in [5.41, 5.74) is 0.575. The van der Waals surface area contributed by atoms with E-state index >= 15 is 0 Å². The number of aromatic nitrogens is 1. The van der Waals surface area contributed by atoms with Crippen molar-refractivity contribution in [2.45, 2.75) is 12.5 Å². The van der Waals surface area contributed by atoms with Crippen LogP contribution in [0, 0.1) is 0 Å². The van der Waals surface area contributed by atoms with E-state index in [0.717, 1.165) is 18.8 Å². The highest BCUT2D eigenvalue weighted by Gasteiger charge is 2.18. The van der Waals surface area contributed by atoms with Crippen molar-refractivity contribution in [1.82, 2.24) is 10.3 Å². The molecule has 16 heavy (non-hydrogen) atoms. The van der Waals surface area contributed by atoms with Gasteiger partial charge in [0.05, 0.1) is 18.2 Å². The van der Waals surface area contributed by atoms with E-state index in [9.17, 15) is 4.79 Å². The van der Waals surface area contributed by atoms with Crippen molar-refractivity contribution in [1.29, 1.82) is 0 Å². The van der Waals surface area contributed by atoms with Gasteiger partial charge < -0.3 is 15.4 Å². The van der Waals surface area contributed by atoms with Gasteiger partial charge in [0.15, 0.2) is 0 Å². The quantitative estimate of drug-likeness (QED) is 0.786. The van der Waals surface area contributed by atoms with Crippen LogP contribution in [0.3, 0.4) is 0 Å². The fraction of sp³-hybridized carbons (Fsp3) is 0.455. The third-order valence-corrected chi connectivity index (χ3v) is 2.55. The molecule has 1 aromatic heterocycles. The number of anilines is 1. The fourth-order valence-corrected chi connectivity index (χ4v) is 1.59. The van der Waals surface area contributed by atoms with Gasteiger partial charge in [0.25, 0.3) is 5.91 Å². The third kappa shape index (κ3) is 2.49. The number of carbonyl (C=O) groups excluding carboxylic acids is 1. The number of rotatable bonds is 3. The van der Waals surface area contributed by atoms with Crippen LogP contribution in [0.4, 0.5) is 5.82 Å². The number of hydrogen-bond donors (Lipinski definition) is 2. The summed E-state index contributed by atoms with van der Waals surface area (Å²) in [6.07, 6.45) is 2.45. The molecule has 5 heteroatoms. The molecule has 1 atom stereocenters. The van der Waals surface area contributed by atoms with Crippen molar-refractivity contribution in [2.24, 2.45) is 0 Å². The molecule has 1 aliphatic rings. The van der Waals surface area contributed by atoms with Gasteiger partial charge in [-0.3, -0.25) is 4.79 Å². The van der Waals surface area contributed by atoms with E-state index in [4.69, 9.17) is 4.74 Å². The minimum absolute atomic E-state index is 0.0920. The van der Waals surface area contributed by atoms with E-state index < -0.39 is 0 Å². The number of ether oxygens (including phenoxy) is 1. The molecule has 1 aromatic rings. The van der Waals surface area contributed by atoms with E-state index in [-0.39, 0.29) is 11.9 Å². The van der Waals surface area contributed by atoms with Crippen LogP contribution < -0.4 is 10.6 Å². The highest BCUT2D eigenvalue weighted by molar-refractivity contribution is 5.94. The lowest BCUT2D eigenvalue weighted by Gasteiger charge is -2.10. The van der Waals surface area contributed by atoms with Crippen LogP contribution in [-0.2, 0) is 4.74 Å². The molecule has 2 heterocycles. The van der Waals surface area contributed by atoms with Crippen LogP contribution in [0.15, 0.2) is 18.3 Å². The SMILES string of the molecule is CNc1ccc(C(=O)NC2CCOC2)cn1. The van der Waals surface area contributed by atoms with Crippen LogP contribution in [-0.4, -0.2) is 37.2 Å². The first kappa shape index (κ1) is 10.9. The molecular formula is C11H15N3O2. The Labute approximate surface area is 94.2 Å². The maximum absolute atomic E-state index is 11.8. The molecule has 1 aliphatic heterocycles. The highest BCUT2D eigenvalue weighted by Crippen LogP contribution is 2.07. The molecule has 0 bridgehead atoms. The molecule has 0 spiro atoms. The summed E-state index contributed by atoms with van der Waals surface area (Å²) in [5.74, 6) is 0.659. The summed E-state index contributed by atoms with van der Waals surface area (Å²) < 4.78 is 5.19. The van der Waals surface area contributed by atoms with Crippen molar-refractivity contribution in [3.8, 4) is 0 Å². The van der Waals surface area contributed by atoms with E-state index in [1.807, 2.05) is 0 Å². The molecule has 0 aliphatic carbocycles. The standard InChI is InChI=1S/C11H15N3O2/c1-12-10-3-2-8(6-13-10)11(15)14-9-4-5-16-7-9/h2-3,6,9H,4-5,7H2,1H3,(H,12,13)(H,14,15). The summed E-state index contributed by atoms with van der Waals surface area (Å²) in [6, 6.07) is 3.67. The van der Waals surface area contributed by atoms with Crippen LogP contribution in [0.1, 0.15) is 16.8 Å². The van der Waals surface area contributed by atoms with Crippen molar-refractivity contribution in [3.05, 3.63) is 23.9 Å². The fourth-order valence-electron chi connectivity index (χ4n) is 1.59. The largest absolute Gasteiger partial charge is 0.379 e. The zero-order valence-corrected chi connectivity index (χ0v) is 9.19. The molecular weight excluding hydrogens is 206 g/mol. The summed E-state index contributed by atoms with van der Waals surface area (Å²) >= 11 is 0. The molecule has 2 rings (SSSR count). The normalized spacial score (nSPS) is 19.4. The lowest BCUT2D eigenvalue weighted by Crippen LogP contribution is -2.35. The molecule has 0 saturated carbocycles. The average molecular weight is 221 g/mol. The molecule has 86 valence electrons. The number of pyridine rings is 1. The van der Waals surface area contributed by atoms with Gasteiger partial charge in [0, 0.05) is 19.9 Å². The van der Waals surface area contributed by atoms with Crippen molar-refractivity contribution in [2.75, 3.05) is 25.6 Å². The molecule has 1 fully saturated rings. The Morgan fingerprint density at radius 1 is 1.56 bits per heavy atom. The maximum Gasteiger partial charge on any atom is 0.253 e. The van der Waals surface area contributed by atoms with Crippen molar-refractivity contribution < 1.29 is 9.53 Å². The summed E-state index contributed by atoms with van der Waals surface area (Å²) in [7, 11) is 1.79. The number of amides is 1. The Kier molecular flexibility index (Phi) is 3.36.